The Labute approximate surface area is 109 Å². The average Bonchev–Trinajstić information content (AvgIpc) is 2.46. The van der Waals surface area contributed by atoms with Gasteiger partial charge in [0.25, 0.3) is 0 Å². The van der Waals surface area contributed by atoms with E-state index < -0.39 is 0 Å². The zero-order valence-electron chi connectivity index (χ0n) is 11.1. The number of hydrogen-bond donors (Lipinski definition) is 1. The summed E-state index contributed by atoms with van der Waals surface area (Å²) in [4.78, 5) is 4.18. The van der Waals surface area contributed by atoms with Gasteiger partial charge >= 0.3 is 0 Å². The average molecular weight is 240 g/mol. The Hall–Kier alpha value is -1.67. The van der Waals surface area contributed by atoms with Gasteiger partial charge < -0.3 is 5.32 Å². The van der Waals surface area contributed by atoms with Gasteiger partial charge in [0.15, 0.2) is 0 Å². The van der Waals surface area contributed by atoms with Crippen LogP contribution in [0.4, 0.5) is 0 Å². The highest BCUT2D eigenvalue weighted by Crippen LogP contribution is 2.23. The van der Waals surface area contributed by atoms with Crippen molar-refractivity contribution >= 4 is 0 Å². The van der Waals surface area contributed by atoms with Crippen LogP contribution in [-0.4, -0.2) is 11.5 Å². The van der Waals surface area contributed by atoms with E-state index in [1.165, 1.54) is 16.7 Å². The highest BCUT2D eigenvalue weighted by Gasteiger charge is 2.08. The maximum atomic E-state index is 4.18. The summed E-state index contributed by atoms with van der Waals surface area (Å²) in [5.41, 5.74) is 3.75. The van der Waals surface area contributed by atoms with Crippen LogP contribution < -0.4 is 5.32 Å². The third kappa shape index (κ3) is 2.96. The van der Waals surface area contributed by atoms with Crippen molar-refractivity contribution in [2.75, 3.05) is 6.54 Å². The van der Waals surface area contributed by atoms with Crippen molar-refractivity contribution in [1.82, 2.24) is 10.3 Å². The molecule has 1 atom stereocenters. The van der Waals surface area contributed by atoms with Gasteiger partial charge in [0, 0.05) is 18.4 Å². The zero-order chi connectivity index (χ0) is 12.8. The topological polar surface area (TPSA) is 24.9 Å². The fourth-order valence-electron chi connectivity index (χ4n) is 2.21. The van der Waals surface area contributed by atoms with E-state index in [0.717, 1.165) is 13.0 Å². The molecule has 0 aliphatic carbocycles. The highest BCUT2D eigenvalue weighted by molar-refractivity contribution is 5.63. The van der Waals surface area contributed by atoms with E-state index in [0.29, 0.717) is 6.04 Å². The highest BCUT2D eigenvalue weighted by atomic mass is 14.9. The number of rotatable bonds is 5. The third-order valence-electron chi connectivity index (χ3n) is 3.14. The molecule has 0 bridgehead atoms. The van der Waals surface area contributed by atoms with Gasteiger partial charge in [0.1, 0.15) is 0 Å². The Balaban J connectivity index is 2.30. The van der Waals surface area contributed by atoms with Crippen LogP contribution in [0.3, 0.4) is 0 Å². The summed E-state index contributed by atoms with van der Waals surface area (Å²) < 4.78 is 0. The van der Waals surface area contributed by atoms with Crippen LogP contribution in [-0.2, 0) is 0 Å². The van der Waals surface area contributed by atoms with Gasteiger partial charge in [0.2, 0.25) is 0 Å². The fraction of sp³-hybridized carbons (Fsp3) is 0.312. The monoisotopic (exact) mass is 240 g/mol. The van der Waals surface area contributed by atoms with Crippen molar-refractivity contribution in [2.45, 2.75) is 26.3 Å². The summed E-state index contributed by atoms with van der Waals surface area (Å²) >= 11 is 0. The minimum absolute atomic E-state index is 0.437. The molecule has 1 N–H and O–H groups in total. The van der Waals surface area contributed by atoms with Crippen LogP contribution in [0.5, 0.6) is 0 Å². The van der Waals surface area contributed by atoms with E-state index in [4.69, 9.17) is 0 Å². The van der Waals surface area contributed by atoms with Gasteiger partial charge in [-0.2, -0.15) is 0 Å². The molecule has 0 radical (unpaired) electrons. The molecule has 94 valence electrons. The Bertz CT molecular complexity index is 479. The van der Waals surface area contributed by atoms with Crippen LogP contribution in [0.15, 0.2) is 48.8 Å². The largest absolute Gasteiger partial charge is 0.310 e. The lowest BCUT2D eigenvalue weighted by Gasteiger charge is -2.17. The molecule has 2 heteroatoms. The molecule has 0 aliphatic heterocycles. The Morgan fingerprint density at radius 1 is 1.11 bits per heavy atom. The standard InChI is InChI=1S/C16H20N2/c1-3-16(18-4-2)14-8-5-7-13(11-14)15-9-6-10-17-12-15/h5-12,16,18H,3-4H2,1-2H3. The second-order valence-corrected chi connectivity index (χ2v) is 4.39. The Kier molecular flexibility index (Phi) is 4.48. The molecule has 0 saturated carbocycles. The fourth-order valence-corrected chi connectivity index (χ4v) is 2.21. The van der Waals surface area contributed by atoms with Gasteiger partial charge in [-0.05, 0) is 41.8 Å². The van der Waals surface area contributed by atoms with Crippen LogP contribution in [0.25, 0.3) is 11.1 Å². The molecule has 1 aromatic carbocycles. The molecule has 1 aromatic heterocycles. The van der Waals surface area contributed by atoms with E-state index in [1.54, 1.807) is 6.20 Å². The molecule has 0 amide bonds. The smallest absolute Gasteiger partial charge is 0.0346 e. The van der Waals surface area contributed by atoms with Crippen molar-refractivity contribution in [3.63, 3.8) is 0 Å². The normalized spacial score (nSPS) is 12.3. The second kappa shape index (κ2) is 6.31. The zero-order valence-corrected chi connectivity index (χ0v) is 11.1. The van der Waals surface area contributed by atoms with E-state index in [-0.39, 0.29) is 0 Å². The van der Waals surface area contributed by atoms with E-state index in [1.807, 2.05) is 12.3 Å². The third-order valence-corrected chi connectivity index (χ3v) is 3.14. The number of nitrogens with one attached hydrogen (secondary N) is 1. The molecule has 0 saturated heterocycles. The summed E-state index contributed by atoms with van der Waals surface area (Å²) in [5, 5.41) is 3.51. The molecule has 1 heterocycles. The maximum absolute atomic E-state index is 4.18. The minimum Gasteiger partial charge on any atom is -0.310 e. The molecular formula is C16H20N2. The summed E-state index contributed by atoms with van der Waals surface area (Å²) in [7, 11) is 0. The molecule has 0 spiro atoms. The summed E-state index contributed by atoms with van der Waals surface area (Å²) in [5.74, 6) is 0. The lowest BCUT2D eigenvalue weighted by Crippen LogP contribution is -2.19. The Morgan fingerprint density at radius 2 is 1.94 bits per heavy atom. The van der Waals surface area contributed by atoms with Crippen molar-refractivity contribution < 1.29 is 0 Å². The van der Waals surface area contributed by atoms with Gasteiger partial charge in [-0.3, -0.25) is 4.98 Å². The first kappa shape index (κ1) is 12.8. The second-order valence-electron chi connectivity index (χ2n) is 4.39. The van der Waals surface area contributed by atoms with Gasteiger partial charge in [-0.15, -0.1) is 0 Å². The first-order valence-corrected chi connectivity index (χ1v) is 6.59. The predicted molar refractivity (Wildman–Crippen MR) is 76.4 cm³/mol. The lowest BCUT2D eigenvalue weighted by molar-refractivity contribution is 0.537. The van der Waals surface area contributed by atoms with Gasteiger partial charge in [-0.1, -0.05) is 38.1 Å². The molecule has 1 unspecified atom stereocenters. The molecule has 18 heavy (non-hydrogen) atoms. The number of hydrogen-bond acceptors (Lipinski definition) is 2. The molecule has 2 aromatic rings. The molecule has 2 rings (SSSR count). The Morgan fingerprint density at radius 3 is 2.61 bits per heavy atom. The molecule has 0 aliphatic rings. The number of pyridine rings is 1. The molecule has 0 fully saturated rings. The minimum atomic E-state index is 0.437. The van der Waals surface area contributed by atoms with Crippen LogP contribution in [0, 0.1) is 0 Å². The summed E-state index contributed by atoms with van der Waals surface area (Å²) in [6, 6.07) is 13.2. The first-order chi connectivity index (χ1) is 8.85. The van der Waals surface area contributed by atoms with E-state index >= 15 is 0 Å². The maximum Gasteiger partial charge on any atom is 0.0346 e. The summed E-state index contributed by atoms with van der Waals surface area (Å²) in [6.45, 7) is 5.35. The SMILES string of the molecule is CCNC(CC)c1cccc(-c2cccnc2)c1. The van der Waals surface area contributed by atoms with Crippen LogP contribution >= 0.6 is 0 Å². The van der Waals surface area contributed by atoms with Gasteiger partial charge in [-0.25, -0.2) is 0 Å². The summed E-state index contributed by atoms with van der Waals surface area (Å²) in [6.07, 6.45) is 4.82. The van der Waals surface area contributed by atoms with E-state index in [2.05, 4.69) is 54.5 Å². The van der Waals surface area contributed by atoms with Crippen molar-refractivity contribution in [3.8, 4) is 11.1 Å². The quantitative estimate of drug-likeness (QED) is 0.859. The van der Waals surface area contributed by atoms with Crippen LogP contribution in [0.1, 0.15) is 31.9 Å². The predicted octanol–water partition coefficient (Wildman–Crippen LogP) is 3.81. The van der Waals surface area contributed by atoms with Crippen molar-refractivity contribution in [3.05, 3.63) is 54.4 Å². The van der Waals surface area contributed by atoms with Crippen molar-refractivity contribution in [1.29, 1.82) is 0 Å². The number of benzene rings is 1. The van der Waals surface area contributed by atoms with E-state index in [9.17, 15) is 0 Å². The number of nitrogens with zero attached hydrogens (tertiary/aromatic N) is 1. The van der Waals surface area contributed by atoms with Gasteiger partial charge in [0.05, 0.1) is 0 Å². The molecule has 2 nitrogen and oxygen atoms in total. The first-order valence-electron chi connectivity index (χ1n) is 6.59. The lowest BCUT2D eigenvalue weighted by atomic mass is 9.99. The number of aromatic nitrogens is 1. The van der Waals surface area contributed by atoms with Crippen molar-refractivity contribution in [2.24, 2.45) is 0 Å². The van der Waals surface area contributed by atoms with Crippen LogP contribution in [0.2, 0.25) is 0 Å². The molecular weight excluding hydrogens is 220 g/mol.